The summed E-state index contributed by atoms with van der Waals surface area (Å²) in [6.45, 7) is 11.0. The van der Waals surface area contributed by atoms with Crippen molar-refractivity contribution in [3.8, 4) is 5.75 Å². The lowest BCUT2D eigenvalue weighted by molar-refractivity contribution is 0.155. The number of aryl methyl sites for hydroxylation is 1. The van der Waals surface area contributed by atoms with Crippen molar-refractivity contribution in [2.24, 2.45) is 0 Å². The Kier molecular flexibility index (Phi) is 4.58. The van der Waals surface area contributed by atoms with Crippen molar-refractivity contribution >= 4 is 0 Å². The Morgan fingerprint density at radius 3 is 2.41 bits per heavy atom. The van der Waals surface area contributed by atoms with Gasteiger partial charge >= 0.3 is 0 Å². The first-order valence-electron chi connectivity index (χ1n) is 6.22. The van der Waals surface area contributed by atoms with Gasteiger partial charge in [0.05, 0.1) is 12.7 Å². The van der Waals surface area contributed by atoms with Gasteiger partial charge in [0.25, 0.3) is 0 Å². The summed E-state index contributed by atoms with van der Waals surface area (Å²) < 4.78 is 5.66. The molecule has 0 fully saturated rings. The van der Waals surface area contributed by atoms with Crippen LogP contribution in [-0.2, 0) is 5.41 Å². The van der Waals surface area contributed by atoms with Crippen LogP contribution in [0.3, 0.4) is 0 Å². The third-order valence-corrected chi connectivity index (χ3v) is 2.83. The van der Waals surface area contributed by atoms with E-state index in [1.165, 1.54) is 5.56 Å². The van der Waals surface area contributed by atoms with Crippen LogP contribution in [-0.4, -0.2) is 17.8 Å². The van der Waals surface area contributed by atoms with Crippen molar-refractivity contribution in [1.29, 1.82) is 0 Å². The van der Waals surface area contributed by atoms with Gasteiger partial charge in [-0.15, -0.1) is 0 Å². The number of hydrogen-bond acceptors (Lipinski definition) is 2. The van der Waals surface area contributed by atoms with Gasteiger partial charge in [0.1, 0.15) is 5.75 Å². The fourth-order valence-electron chi connectivity index (χ4n) is 1.62. The minimum Gasteiger partial charge on any atom is -0.493 e. The quantitative estimate of drug-likeness (QED) is 0.867. The second kappa shape index (κ2) is 5.54. The molecule has 0 aliphatic rings. The molecule has 2 heteroatoms. The molecule has 2 nitrogen and oxygen atoms in total. The highest BCUT2D eigenvalue weighted by molar-refractivity contribution is 5.38. The summed E-state index contributed by atoms with van der Waals surface area (Å²) in [5.74, 6) is 0.915. The largest absolute Gasteiger partial charge is 0.493 e. The molecule has 0 bridgehead atoms. The smallest absolute Gasteiger partial charge is 0.122 e. The minimum absolute atomic E-state index is 0.170. The van der Waals surface area contributed by atoms with Crippen molar-refractivity contribution in [3.63, 3.8) is 0 Å². The monoisotopic (exact) mass is 236 g/mol. The van der Waals surface area contributed by atoms with Gasteiger partial charge in [-0.1, -0.05) is 32.9 Å². The van der Waals surface area contributed by atoms with Gasteiger partial charge < -0.3 is 9.84 Å². The first-order valence-corrected chi connectivity index (χ1v) is 6.22. The van der Waals surface area contributed by atoms with Crippen LogP contribution >= 0.6 is 0 Å². The zero-order valence-electron chi connectivity index (χ0n) is 11.6. The van der Waals surface area contributed by atoms with Gasteiger partial charge in [0.2, 0.25) is 0 Å². The van der Waals surface area contributed by atoms with E-state index >= 15 is 0 Å². The molecular weight excluding hydrogens is 212 g/mol. The zero-order valence-corrected chi connectivity index (χ0v) is 11.6. The fourth-order valence-corrected chi connectivity index (χ4v) is 1.62. The molecule has 0 radical (unpaired) electrons. The van der Waals surface area contributed by atoms with Crippen LogP contribution in [0.2, 0.25) is 0 Å². The summed E-state index contributed by atoms with van der Waals surface area (Å²) in [4.78, 5) is 0. The van der Waals surface area contributed by atoms with E-state index in [9.17, 15) is 5.11 Å². The summed E-state index contributed by atoms with van der Waals surface area (Å²) in [6, 6.07) is 6.32. The third kappa shape index (κ3) is 4.39. The molecule has 0 aliphatic carbocycles. The average molecular weight is 236 g/mol. The standard InChI is InChI=1S/C15H24O2/c1-11-10-13(15(3,4)5)6-7-14(11)17-9-8-12(2)16/h6-7,10,12,16H,8-9H2,1-5H3. The number of benzene rings is 1. The van der Waals surface area contributed by atoms with Crippen molar-refractivity contribution in [3.05, 3.63) is 29.3 Å². The highest BCUT2D eigenvalue weighted by Gasteiger charge is 2.14. The fraction of sp³-hybridized carbons (Fsp3) is 0.600. The average Bonchev–Trinajstić information content (AvgIpc) is 2.18. The summed E-state index contributed by atoms with van der Waals surface area (Å²) >= 11 is 0. The van der Waals surface area contributed by atoms with Crippen molar-refractivity contribution < 1.29 is 9.84 Å². The number of rotatable bonds is 4. The zero-order chi connectivity index (χ0) is 13.1. The first-order chi connectivity index (χ1) is 7.80. The van der Waals surface area contributed by atoms with E-state index < -0.39 is 0 Å². The van der Waals surface area contributed by atoms with Gasteiger partial charge in [-0.2, -0.15) is 0 Å². The topological polar surface area (TPSA) is 29.5 Å². The molecule has 1 aromatic rings. The van der Waals surface area contributed by atoms with Crippen LogP contribution in [0.5, 0.6) is 5.75 Å². The number of hydrogen-bond donors (Lipinski definition) is 1. The second-order valence-corrected chi connectivity index (χ2v) is 5.72. The van der Waals surface area contributed by atoms with Crippen molar-refractivity contribution in [2.75, 3.05) is 6.61 Å². The molecule has 0 spiro atoms. The Morgan fingerprint density at radius 1 is 1.29 bits per heavy atom. The predicted octanol–water partition coefficient (Wildman–Crippen LogP) is 3.44. The van der Waals surface area contributed by atoms with Crippen LogP contribution in [0.1, 0.15) is 45.2 Å². The van der Waals surface area contributed by atoms with E-state index in [1.54, 1.807) is 6.92 Å². The molecule has 96 valence electrons. The van der Waals surface area contributed by atoms with Crippen LogP contribution in [0.4, 0.5) is 0 Å². The minimum atomic E-state index is -0.302. The van der Waals surface area contributed by atoms with Crippen molar-refractivity contribution in [2.45, 2.75) is 52.6 Å². The predicted molar refractivity (Wildman–Crippen MR) is 71.7 cm³/mol. The van der Waals surface area contributed by atoms with E-state index in [2.05, 4.69) is 39.8 Å². The molecule has 0 aromatic heterocycles. The summed E-state index contributed by atoms with van der Waals surface area (Å²) in [5.41, 5.74) is 2.64. The molecule has 17 heavy (non-hydrogen) atoms. The Balaban J connectivity index is 2.70. The summed E-state index contributed by atoms with van der Waals surface area (Å²) in [7, 11) is 0. The normalized spacial score (nSPS) is 13.5. The highest BCUT2D eigenvalue weighted by Crippen LogP contribution is 2.27. The molecule has 0 saturated heterocycles. The summed E-state index contributed by atoms with van der Waals surface area (Å²) in [6.07, 6.45) is 0.365. The van der Waals surface area contributed by atoms with E-state index in [1.807, 2.05) is 6.07 Å². The van der Waals surface area contributed by atoms with Gasteiger partial charge in [-0.3, -0.25) is 0 Å². The van der Waals surface area contributed by atoms with Crippen LogP contribution in [0, 0.1) is 6.92 Å². The molecule has 0 aliphatic heterocycles. The van der Waals surface area contributed by atoms with Crippen LogP contribution in [0.15, 0.2) is 18.2 Å². The van der Waals surface area contributed by atoms with Gasteiger partial charge in [0, 0.05) is 6.42 Å². The number of aliphatic hydroxyl groups is 1. The lowest BCUT2D eigenvalue weighted by Crippen LogP contribution is -2.12. The van der Waals surface area contributed by atoms with Crippen molar-refractivity contribution in [1.82, 2.24) is 0 Å². The van der Waals surface area contributed by atoms with Gasteiger partial charge in [-0.25, -0.2) is 0 Å². The van der Waals surface area contributed by atoms with Crippen LogP contribution in [0.25, 0.3) is 0 Å². The van der Waals surface area contributed by atoms with E-state index in [0.717, 1.165) is 11.3 Å². The Morgan fingerprint density at radius 2 is 1.94 bits per heavy atom. The maximum Gasteiger partial charge on any atom is 0.122 e. The molecule has 1 aromatic carbocycles. The maximum atomic E-state index is 9.17. The van der Waals surface area contributed by atoms with E-state index in [0.29, 0.717) is 13.0 Å². The van der Waals surface area contributed by atoms with E-state index in [-0.39, 0.29) is 11.5 Å². The molecule has 1 rings (SSSR count). The third-order valence-electron chi connectivity index (χ3n) is 2.83. The Hall–Kier alpha value is -1.02. The number of ether oxygens (including phenoxy) is 1. The Labute approximate surface area is 105 Å². The molecule has 1 atom stereocenters. The highest BCUT2D eigenvalue weighted by atomic mass is 16.5. The first kappa shape index (κ1) is 14.0. The van der Waals surface area contributed by atoms with Gasteiger partial charge in [0.15, 0.2) is 0 Å². The molecule has 1 unspecified atom stereocenters. The summed E-state index contributed by atoms with van der Waals surface area (Å²) in [5, 5.41) is 9.17. The molecule has 0 saturated carbocycles. The molecule has 0 heterocycles. The molecule has 1 N–H and O–H groups in total. The maximum absolute atomic E-state index is 9.17. The van der Waals surface area contributed by atoms with E-state index in [4.69, 9.17) is 4.74 Å². The second-order valence-electron chi connectivity index (χ2n) is 5.72. The Bertz CT molecular complexity index is 362. The number of aliphatic hydroxyl groups excluding tert-OH is 1. The molecule has 0 amide bonds. The van der Waals surface area contributed by atoms with Gasteiger partial charge in [-0.05, 0) is 36.5 Å². The molecular formula is C15H24O2. The van der Waals surface area contributed by atoms with Crippen LogP contribution < -0.4 is 4.74 Å². The lowest BCUT2D eigenvalue weighted by Gasteiger charge is -2.20. The SMILES string of the molecule is Cc1cc(C(C)(C)C)ccc1OCCC(C)O. The lowest BCUT2D eigenvalue weighted by atomic mass is 9.86.